The largest absolute Gasteiger partial charge is 0.322 e. The van der Waals surface area contributed by atoms with Crippen molar-refractivity contribution < 1.29 is 4.79 Å². The van der Waals surface area contributed by atoms with Crippen molar-refractivity contribution in [1.29, 1.82) is 0 Å². The molecule has 26 heavy (non-hydrogen) atoms. The first-order valence-electron chi connectivity index (χ1n) is 7.84. The van der Waals surface area contributed by atoms with Crippen molar-refractivity contribution in [3.8, 4) is 22.8 Å². The summed E-state index contributed by atoms with van der Waals surface area (Å²) in [6, 6.07) is 14.4. The number of nitrogens with zero attached hydrogens (tertiary/aromatic N) is 5. The Kier molecular flexibility index (Phi) is 3.94. The van der Waals surface area contributed by atoms with Crippen molar-refractivity contribution in [2.75, 3.05) is 5.32 Å². The molecular weight excluding hydrogens is 332 g/mol. The number of rotatable bonds is 4. The number of anilines is 1. The van der Waals surface area contributed by atoms with Gasteiger partial charge >= 0.3 is 0 Å². The minimum Gasteiger partial charge on any atom is -0.322 e. The number of aromatic amines is 2. The number of hydrogen-bond acceptors (Lipinski definition) is 6. The Morgan fingerprint density at radius 1 is 1.00 bits per heavy atom. The summed E-state index contributed by atoms with van der Waals surface area (Å²) < 4.78 is 0. The second-order valence-electron chi connectivity index (χ2n) is 5.60. The highest BCUT2D eigenvalue weighted by Crippen LogP contribution is 2.20. The third-order valence-corrected chi connectivity index (χ3v) is 3.70. The molecule has 3 N–H and O–H groups in total. The van der Waals surface area contributed by atoms with Gasteiger partial charge < -0.3 is 5.32 Å². The fourth-order valence-electron chi connectivity index (χ4n) is 2.49. The first kappa shape index (κ1) is 15.6. The average molecular weight is 346 g/mol. The molecule has 0 fully saturated rings. The van der Waals surface area contributed by atoms with Crippen LogP contribution in [0.25, 0.3) is 22.8 Å². The van der Waals surface area contributed by atoms with Crippen LogP contribution in [0, 0.1) is 6.92 Å². The fourth-order valence-corrected chi connectivity index (χ4v) is 2.49. The summed E-state index contributed by atoms with van der Waals surface area (Å²) in [5, 5.41) is 23.6. The van der Waals surface area contributed by atoms with Crippen LogP contribution in [0.2, 0.25) is 0 Å². The molecule has 0 unspecified atom stereocenters. The van der Waals surface area contributed by atoms with E-state index in [2.05, 4.69) is 41.1 Å². The molecule has 0 aliphatic carbocycles. The molecule has 0 aliphatic heterocycles. The third-order valence-electron chi connectivity index (χ3n) is 3.70. The Balaban J connectivity index is 1.56. The fraction of sp³-hybridized carbons (Fsp3) is 0.0588. The highest BCUT2D eigenvalue weighted by molar-refractivity contribution is 6.05. The van der Waals surface area contributed by atoms with Crippen LogP contribution in [-0.4, -0.2) is 41.7 Å². The maximum atomic E-state index is 12.6. The van der Waals surface area contributed by atoms with Gasteiger partial charge in [0.25, 0.3) is 5.91 Å². The van der Waals surface area contributed by atoms with E-state index in [1.807, 2.05) is 25.1 Å². The van der Waals surface area contributed by atoms with E-state index in [0.29, 0.717) is 28.7 Å². The predicted octanol–water partition coefficient (Wildman–Crippen LogP) is 2.21. The van der Waals surface area contributed by atoms with Crippen molar-refractivity contribution in [2.24, 2.45) is 0 Å². The summed E-state index contributed by atoms with van der Waals surface area (Å²) in [4.78, 5) is 16.9. The average Bonchev–Trinajstić information content (AvgIpc) is 3.34. The topological polar surface area (TPSA) is 125 Å². The molecule has 2 heterocycles. The van der Waals surface area contributed by atoms with Gasteiger partial charge in [-0.25, -0.2) is 4.98 Å². The van der Waals surface area contributed by atoms with Gasteiger partial charge in [-0.05, 0) is 36.4 Å². The Morgan fingerprint density at radius 2 is 1.81 bits per heavy atom. The second-order valence-corrected chi connectivity index (χ2v) is 5.60. The number of tetrazole rings is 1. The van der Waals surface area contributed by atoms with E-state index in [1.54, 1.807) is 30.3 Å². The van der Waals surface area contributed by atoms with Crippen molar-refractivity contribution in [2.45, 2.75) is 6.92 Å². The van der Waals surface area contributed by atoms with E-state index in [-0.39, 0.29) is 5.91 Å². The number of H-pyrrole nitrogens is 2. The lowest BCUT2D eigenvalue weighted by Gasteiger charge is -2.07. The normalized spacial score (nSPS) is 10.7. The molecule has 0 atom stereocenters. The molecule has 0 saturated carbocycles. The summed E-state index contributed by atoms with van der Waals surface area (Å²) in [7, 11) is 0. The molecule has 0 bridgehead atoms. The van der Waals surface area contributed by atoms with Crippen molar-refractivity contribution >= 4 is 11.6 Å². The molecule has 128 valence electrons. The van der Waals surface area contributed by atoms with E-state index < -0.39 is 0 Å². The number of amides is 1. The summed E-state index contributed by atoms with van der Waals surface area (Å²) in [6.07, 6.45) is 0. The zero-order valence-electron chi connectivity index (χ0n) is 13.8. The van der Waals surface area contributed by atoms with Gasteiger partial charge in [0, 0.05) is 22.4 Å². The minimum atomic E-state index is -0.232. The monoisotopic (exact) mass is 346 g/mol. The molecule has 0 saturated heterocycles. The van der Waals surface area contributed by atoms with Gasteiger partial charge in [-0.1, -0.05) is 24.3 Å². The standard InChI is InChI=1S/C17H14N8O/c1-10-18-15(21-20-10)11-4-2-6-13(8-11)17(26)19-14-7-3-5-12(9-14)16-22-24-25-23-16/h2-9H,1H3,(H,19,26)(H,18,20,21)(H,22,23,24,25). The number of carbonyl (C=O) groups excluding carboxylic acids is 1. The van der Waals surface area contributed by atoms with E-state index in [1.165, 1.54) is 0 Å². The van der Waals surface area contributed by atoms with E-state index >= 15 is 0 Å². The Morgan fingerprint density at radius 3 is 2.54 bits per heavy atom. The van der Waals surface area contributed by atoms with Crippen LogP contribution >= 0.6 is 0 Å². The molecular formula is C17H14N8O. The first-order valence-corrected chi connectivity index (χ1v) is 7.84. The smallest absolute Gasteiger partial charge is 0.255 e. The summed E-state index contributed by atoms with van der Waals surface area (Å²) in [5.41, 5.74) is 2.66. The minimum absolute atomic E-state index is 0.232. The molecule has 2 aromatic carbocycles. The molecule has 0 aliphatic rings. The van der Waals surface area contributed by atoms with Gasteiger partial charge in [-0.2, -0.15) is 10.3 Å². The molecule has 4 rings (SSSR count). The number of benzene rings is 2. The lowest BCUT2D eigenvalue weighted by Crippen LogP contribution is -2.12. The summed E-state index contributed by atoms with van der Waals surface area (Å²) in [5.74, 6) is 1.50. The summed E-state index contributed by atoms with van der Waals surface area (Å²) >= 11 is 0. The third kappa shape index (κ3) is 3.18. The lowest BCUT2D eigenvalue weighted by atomic mass is 10.1. The van der Waals surface area contributed by atoms with Gasteiger partial charge in [-0.15, -0.1) is 10.2 Å². The van der Waals surface area contributed by atoms with Crippen LogP contribution in [0.3, 0.4) is 0 Å². The Bertz CT molecular complexity index is 1050. The maximum absolute atomic E-state index is 12.6. The SMILES string of the molecule is Cc1nc(-c2cccc(C(=O)Nc3cccc(-c4nn[nH]n4)c3)c2)n[nH]1. The van der Waals surface area contributed by atoms with Crippen molar-refractivity contribution in [1.82, 2.24) is 35.8 Å². The number of nitrogens with one attached hydrogen (secondary N) is 3. The van der Waals surface area contributed by atoms with Gasteiger partial charge in [0.1, 0.15) is 5.82 Å². The van der Waals surface area contributed by atoms with Crippen LogP contribution < -0.4 is 5.32 Å². The number of carbonyl (C=O) groups is 1. The summed E-state index contributed by atoms with van der Waals surface area (Å²) in [6.45, 7) is 1.82. The Hall–Kier alpha value is -3.88. The van der Waals surface area contributed by atoms with E-state index in [9.17, 15) is 4.79 Å². The molecule has 0 spiro atoms. The zero-order valence-corrected chi connectivity index (χ0v) is 13.8. The predicted molar refractivity (Wildman–Crippen MR) is 94.1 cm³/mol. The quantitative estimate of drug-likeness (QED) is 0.520. The van der Waals surface area contributed by atoms with Crippen LogP contribution in [0.15, 0.2) is 48.5 Å². The van der Waals surface area contributed by atoms with Crippen LogP contribution in [0.5, 0.6) is 0 Å². The zero-order chi connectivity index (χ0) is 17.9. The highest BCUT2D eigenvalue weighted by Gasteiger charge is 2.11. The molecule has 9 nitrogen and oxygen atoms in total. The van der Waals surface area contributed by atoms with Crippen LogP contribution in [0.1, 0.15) is 16.2 Å². The van der Waals surface area contributed by atoms with Gasteiger partial charge in [0.2, 0.25) is 5.82 Å². The highest BCUT2D eigenvalue weighted by atomic mass is 16.1. The second kappa shape index (κ2) is 6.55. The lowest BCUT2D eigenvalue weighted by molar-refractivity contribution is 0.102. The van der Waals surface area contributed by atoms with E-state index in [0.717, 1.165) is 11.1 Å². The first-order chi connectivity index (χ1) is 12.7. The van der Waals surface area contributed by atoms with Gasteiger partial charge in [-0.3, -0.25) is 9.89 Å². The van der Waals surface area contributed by atoms with E-state index in [4.69, 9.17) is 0 Å². The van der Waals surface area contributed by atoms with Crippen molar-refractivity contribution in [3.05, 3.63) is 59.9 Å². The molecule has 1 amide bonds. The molecule has 9 heteroatoms. The van der Waals surface area contributed by atoms with Crippen LogP contribution in [0.4, 0.5) is 5.69 Å². The maximum Gasteiger partial charge on any atom is 0.255 e. The van der Waals surface area contributed by atoms with Gasteiger partial charge in [0.05, 0.1) is 0 Å². The van der Waals surface area contributed by atoms with Crippen molar-refractivity contribution in [3.63, 3.8) is 0 Å². The molecule has 2 aromatic heterocycles. The number of aryl methyl sites for hydroxylation is 1. The number of aromatic nitrogens is 7. The Labute approximate surface area is 147 Å². The molecule has 0 radical (unpaired) electrons. The van der Waals surface area contributed by atoms with Gasteiger partial charge in [0.15, 0.2) is 5.82 Å². The molecule has 4 aromatic rings. The number of hydrogen-bond donors (Lipinski definition) is 3. The van der Waals surface area contributed by atoms with Crippen LogP contribution in [-0.2, 0) is 0 Å².